The van der Waals surface area contributed by atoms with Gasteiger partial charge in [-0.25, -0.2) is 0 Å². The van der Waals surface area contributed by atoms with E-state index < -0.39 is 0 Å². The largest absolute Gasteiger partial charge is 1.00 e. The summed E-state index contributed by atoms with van der Waals surface area (Å²) in [4.78, 5) is 0. The van der Waals surface area contributed by atoms with Crippen molar-refractivity contribution in [2.24, 2.45) is 0 Å². The van der Waals surface area contributed by atoms with Crippen molar-refractivity contribution in [1.29, 1.82) is 0 Å². The predicted molar refractivity (Wildman–Crippen MR) is 93.1 cm³/mol. The van der Waals surface area contributed by atoms with Gasteiger partial charge in [0.05, 0.1) is 0 Å². The molecule has 26 heavy (non-hydrogen) atoms. The van der Waals surface area contributed by atoms with E-state index in [1.54, 1.807) is 12.1 Å². The first-order valence-electron chi connectivity index (χ1n) is 8.70. The number of para-hydroxylation sites is 2. The third kappa shape index (κ3) is 3.97. The Morgan fingerprint density at radius 2 is 1.19 bits per heavy atom. The second-order valence-electron chi connectivity index (χ2n) is 6.56. The van der Waals surface area contributed by atoms with Crippen LogP contribution in [0.5, 0.6) is 11.5 Å². The molecule has 0 spiro atoms. The van der Waals surface area contributed by atoms with E-state index in [1.165, 1.54) is 25.7 Å². The number of benzene rings is 2. The first kappa shape index (κ1) is 19.4. The first-order chi connectivity index (χ1) is 12.2. The Bertz CT molecular complexity index is 784. The Labute approximate surface area is 177 Å². The van der Waals surface area contributed by atoms with Crippen LogP contribution in [0.1, 0.15) is 36.8 Å². The van der Waals surface area contributed by atoms with Gasteiger partial charge in [0.1, 0.15) is 0 Å². The van der Waals surface area contributed by atoms with Crippen molar-refractivity contribution in [3.63, 3.8) is 0 Å². The van der Waals surface area contributed by atoms with E-state index in [2.05, 4.69) is 19.6 Å². The van der Waals surface area contributed by atoms with Crippen molar-refractivity contribution < 1.29 is 56.8 Å². The predicted octanol–water partition coefficient (Wildman–Crippen LogP) is -0.0979. The topological polar surface area (TPSA) is 46.5 Å². The molecule has 4 nitrogen and oxygen atoms in total. The van der Waals surface area contributed by atoms with Crippen molar-refractivity contribution in [3.05, 3.63) is 59.7 Å². The molecule has 0 aromatic heterocycles. The van der Waals surface area contributed by atoms with Gasteiger partial charge in [0, 0.05) is 0 Å². The van der Waals surface area contributed by atoms with Gasteiger partial charge < -0.3 is 24.0 Å². The van der Waals surface area contributed by atoms with Gasteiger partial charge in [-0.2, -0.15) is 0 Å². The van der Waals surface area contributed by atoms with Crippen LogP contribution in [0, 0.1) is 0 Å². The van der Waals surface area contributed by atoms with Gasteiger partial charge in [0.15, 0.2) is 0 Å². The maximum Gasteiger partial charge on any atom is -1.00 e. The van der Waals surface area contributed by atoms with E-state index in [0.29, 0.717) is 39.0 Å². The zero-order chi connectivity index (χ0) is 17.2. The summed E-state index contributed by atoms with van der Waals surface area (Å²) in [6, 6.07) is 15.9. The van der Waals surface area contributed by atoms with E-state index >= 15 is 0 Å². The van der Waals surface area contributed by atoms with Gasteiger partial charge in [-0.1, -0.05) is 0 Å². The summed E-state index contributed by atoms with van der Waals surface area (Å²) in [5.41, 5.74) is 1.73. The van der Waals surface area contributed by atoms with Crippen LogP contribution in [-0.2, 0) is 15.4 Å². The van der Waals surface area contributed by atoms with Crippen molar-refractivity contribution in [3.8, 4) is 11.5 Å². The fourth-order valence-corrected chi connectivity index (χ4v) is 5.41. The summed E-state index contributed by atoms with van der Waals surface area (Å²) >= 11 is 0.446. The molecule has 1 aliphatic heterocycles. The molecule has 6 heteroatoms. The Balaban J connectivity index is 0.00000196. The van der Waals surface area contributed by atoms with Gasteiger partial charge in [-0.15, -0.1) is 0 Å². The molecule has 2 aromatic rings. The van der Waals surface area contributed by atoms with Crippen LogP contribution in [0.25, 0.3) is 0 Å². The van der Waals surface area contributed by atoms with Gasteiger partial charge in [0.25, 0.3) is 0 Å². The van der Waals surface area contributed by atoms with E-state index in [0.717, 1.165) is 11.1 Å². The van der Waals surface area contributed by atoms with E-state index in [-0.39, 0.29) is 24.0 Å². The van der Waals surface area contributed by atoms with Crippen LogP contribution >= 0.6 is 0 Å². The number of hydrogen-bond acceptors (Lipinski definition) is 2. The van der Waals surface area contributed by atoms with Crippen LogP contribution in [0.3, 0.4) is 0 Å². The minimum absolute atomic E-state index is 0. The average Bonchev–Trinajstić information content (AvgIpc) is 2.97. The number of phenolic OH excluding ortho intramolecular Hbond substituents is 2. The number of nitrogens with zero attached hydrogens (tertiary/aromatic N) is 2. The summed E-state index contributed by atoms with van der Waals surface area (Å²) in [7, 11) is 0. The SMILES string of the molecule is Oc1ccccc1C=[N+]1[Mn][N+](=Cc2ccccc2O)[C@@H]2CCCC[C@H]21.[I-]. The molecule has 0 bridgehead atoms. The fourth-order valence-electron chi connectivity index (χ4n) is 3.57. The second-order valence-corrected chi connectivity index (χ2v) is 8.01. The van der Waals surface area contributed by atoms with Crippen LogP contribution in [0.4, 0.5) is 0 Å². The first-order valence-corrected chi connectivity index (χ1v) is 9.76. The molecular weight excluding hydrogens is 482 g/mol. The molecular formula is C20H22IMnN2O2+. The van der Waals surface area contributed by atoms with E-state index in [9.17, 15) is 10.2 Å². The van der Waals surface area contributed by atoms with Crippen LogP contribution in [0.15, 0.2) is 48.5 Å². The maximum absolute atomic E-state index is 10.1. The van der Waals surface area contributed by atoms with E-state index in [4.69, 9.17) is 0 Å². The minimum Gasteiger partial charge on any atom is -1.00 e. The molecule has 2 fully saturated rings. The summed E-state index contributed by atoms with van der Waals surface area (Å²) in [5, 5.41) is 20.2. The standard InChI is InChI=1S/C20H22N2O2.HI.Mn/c23-19-11-5-1-7-15(19)13-21-17-9-3-4-10-18(17)22-14-16-8-2-6-12-20(16)24;;/h1-2,5-8,11-14,17-18,23-24H,3-4,9-10H2;1H;/q;;+2/p-1/t17-,18-;;/m1../s1. The van der Waals surface area contributed by atoms with Crippen LogP contribution in [0.2, 0.25) is 0 Å². The van der Waals surface area contributed by atoms with E-state index in [1.807, 2.05) is 36.4 Å². The Hall–Kier alpha value is -1.37. The molecule has 1 heterocycles. The molecule has 2 aliphatic rings. The fraction of sp³-hybridized carbons (Fsp3) is 0.300. The normalized spacial score (nSPS) is 25.1. The van der Waals surface area contributed by atoms with Gasteiger partial charge in [-0.3, -0.25) is 0 Å². The molecule has 0 radical (unpaired) electrons. The summed E-state index contributed by atoms with van der Waals surface area (Å²) in [5.74, 6) is 0.645. The van der Waals surface area contributed by atoms with Gasteiger partial charge in [-0.05, 0) is 0 Å². The smallest absolute Gasteiger partial charge is 1.00 e. The molecule has 2 N–H and O–H groups in total. The third-order valence-electron chi connectivity index (χ3n) is 4.90. The molecule has 0 unspecified atom stereocenters. The molecule has 2 aromatic carbocycles. The Morgan fingerprint density at radius 1 is 0.769 bits per heavy atom. The number of halogens is 1. The summed E-state index contributed by atoms with van der Waals surface area (Å²) in [6.07, 6.45) is 9.04. The zero-order valence-electron chi connectivity index (χ0n) is 14.3. The Morgan fingerprint density at radius 3 is 1.62 bits per heavy atom. The van der Waals surface area contributed by atoms with Crippen LogP contribution < -0.4 is 24.0 Å². The monoisotopic (exact) mass is 504 g/mol. The van der Waals surface area contributed by atoms with Crippen molar-refractivity contribution in [2.75, 3.05) is 0 Å². The molecule has 1 saturated carbocycles. The number of rotatable bonds is 2. The van der Waals surface area contributed by atoms with Gasteiger partial charge >= 0.3 is 154 Å². The maximum atomic E-state index is 10.1. The number of fused-ring (bicyclic) bond motifs is 1. The van der Waals surface area contributed by atoms with Gasteiger partial charge in [0.2, 0.25) is 0 Å². The summed E-state index contributed by atoms with van der Waals surface area (Å²) < 4.78 is 4.75. The zero-order valence-corrected chi connectivity index (χ0v) is 17.6. The van der Waals surface area contributed by atoms with Crippen molar-refractivity contribution in [2.45, 2.75) is 37.8 Å². The van der Waals surface area contributed by atoms with Crippen molar-refractivity contribution in [1.82, 2.24) is 0 Å². The molecule has 1 saturated heterocycles. The average molecular weight is 504 g/mol. The number of aromatic hydroxyl groups is 2. The molecule has 137 valence electrons. The van der Waals surface area contributed by atoms with Crippen LogP contribution in [-0.4, -0.2) is 41.9 Å². The Kier molecular flexibility index (Phi) is 6.37. The second kappa shape index (κ2) is 8.55. The number of hydrogen-bond donors (Lipinski definition) is 2. The summed E-state index contributed by atoms with van der Waals surface area (Å²) in [6.45, 7) is 0. The minimum atomic E-state index is 0. The quantitative estimate of drug-likeness (QED) is 0.444. The third-order valence-corrected chi connectivity index (χ3v) is 6.53. The molecule has 1 aliphatic carbocycles. The number of phenols is 2. The molecule has 2 atom stereocenters. The van der Waals surface area contributed by atoms with Crippen molar-refractivity contribution >= 4 is 12.4 Å². The molecule has 0 amide bonds. The molecule has 4 rings (SSSR count).